The van der Waals surface area contributed by atoms with E-state index >= 15 is 0 Å². The van der Waals surface area contributed by atoms with Crippen molar-refractivity contribution < 1.29 is 0 Å². The van der Waals surface area contributed by atoms with Crippen LogP contribution in [0.5, 0.6) is 0 Å². The highest BCUT2D eigenvalue weighted by atomic mass is 35.5. The van der Waals surface area contributed by atoms with Crippen LogP contribution in [0.4, 0.5) is 0 Å². The molecule has 0 saturated carbocycles. The summed E-state index contributed by atoms with van der Waals surface area (Å²) in [5.74, 6) is 0. The van der Waals surface area contributed by atoms with Crippen molar-refractivity contribution in [2.75, 3.05) is 0 Å². The van der Waals surface area contributed by atoms with Crippen molar-refractivity contribution in [3.05, 3.63) is 59.2 Å². The molecule has 0 bridgehead atoms. The molecule has 1 nitrogen and oxygen atoms in total. The van der Waals surface area contributed by atoms with Gasteiger partial charge >= 0.3 is 0 Å². The highest BCUT2D eigenvalue weighted by molar-refractivity contribution is 5.85. The zero-order valence-electron chi connectivity index (χ0n) is 10.2. The van der Waals surface area contributed by atoms with Crippen LogP contribution in [0.1, 0.15) is 16.7 Å². The van der Waals surface area contributed by atoms with Gasteiger partial charge in [0, 0.05) is 6.54 Å². The summed E-state index contributed by atoms with van der Waals surface area (Å²) in [5, 5.41) is 0. The van der Waals surface area contributed by atoms with Crippen LogP contribution in [0.2, 0.25) is 0 Å². The van der Waals surface area contributed by atoms with Crippen molar-refractivity contribution in [3.8, 4) is 11.1 Å². The monoisotopic (exact) mass is 247 g/mol. The molecule has 0 aromatic heterocycles. The average molecular weight is 248 g/mol. The van der Waals surface area contributed by atoms with Crippen LogP contribution in [0.25, 0.3) is 11.1 Å². The Bertz CT molecular complexity index is 489. The molecular weight excluding hydrogens is 230 g/mol. The van der Waals surface area contributed by atoms with Gasteiger partial charge in [-0.15, -0.1) is 12.4 Å². The first kappa shape index (κ1) is 13.8. The van der Waals surface area contributed by atoms with Crippen LogP contribution in [0, 0.1) is 13.8 Å². The van der Waals surface area contributed by atoms with E-state index in [0.717, 1.165) is 0 Å². The number of hydrogen-bond donors (Lipinski definition) is 1. The Kier molecular flexibility index (Phi) is 4.73. The third-order valence-corrected chi connectivity index (χ3v) is 3.03. The first-order chi connectivity index (χ1) is 7.72. The summed E-state index contributed by atoms with van der Waals surface area (Å²) < 4.78 is 0. The van der Waals surface area contributed by atoms with Gasteiger partial charge in [0.1, 0.15) is 0 Å². The number of halogens is 1. The minimum atomic E-state index is 0. The molecule has 17 heavy (non-hydrogen) atoms. The van der Waals surface area contributed by atoms with Gasteiger partial charge < -0.3 is 5.73 Å². The maximum Gasteiger partial charge on any atom is 0.0180 e. The Morgan fingerprint density at radius 3 is 2.18 bits per heavy atom. The number of aryl methyl sites for hydroxylation is 1. The van der Waals surface area contributed by atoms with E-state index in [-0.39, 0.29) is 12.4 Å². The summed E-state index contributed by atoms with van der Waals surface area (Å²) in [6.07, 6.45) is 0. The van der Waals surface area contributed by atoms with Crippen molar-refractivity contribution in [1.29, 1.82) is 0 Å². The number of hydrogen-bond acceptors (Lipinski definition) is 1. The molecule has 0 unspecified atom stereocenters. The lowest BCUT2D eigenvalue weighted by Gasteiger charge is -2.10. The molecule has 0 fully saturated rings. The van der Waals surface area contributed by atoms with Crippen LogP contribution >= 0.6 is 12.4 Å². The maximum atomic E-state index is 5.72. The lowest BCUT2D eigenvalue weighted by molar-refractivity contribution is 1.05. The van der Waals surface area contributed by atoms with Gasteiger partial charge in [0.15, 0.2) is 0 Å². The fourth-order valence-corrected chi connectivity index (χ4v) is 1.95. The fourth-order valence-electron chi connectivity index (χ4n) is 1.95. The third kappa shape index (κ3) is 2.87. The summed E-state index contributed by atoms with van der Waals surface area (Å²) in [4.78, 5) is 0. The molecule has 0 radical (unpaired) electrons. The molecule has 0 saturated heterocycles. The molecule has 2 N–H and O–H groups in total. The van der Waals surface area contributed by atoms with Crippen LogP contribution in [-0.4, -0.2) is 0 Å². The number of nitrogens with two attached hydrogens (primary N) is 1. The highest BCUT2D eigenvalue weighted by Crippen LogP contribution is 2.25. The predicted octanol–water partition coefficient (Wildman–Crippen LogP) is 3.85. The first-order valence-electron chi connectivity index (χ1n) is 5.58. The van der Waals surface area contributed by atoms with Crippen molar-refractivity contribution in [2.24, 2.45) is 5.73 Å². The van der Waals surface area contributed by atoms with E-state index in [1.54, 1.807) is 0 Å². The van der Waals surface area contributed by atoms with Gasteiger partial charge in [-0.05, 0) is 36.1 Å². The molecule has 2 aromatic rings. The molecule has 2 aromatic carbocycles. The molecular formula is C15H18ClN. The molecule has 0 aliphatic rings. The Hall–Kier alpha value is -1.31. The number of rotatable bonds is 2. The minimum Gasteiger partial charge on any atom is -0.326 e. The third-order valence-electron chi connectivity index (χ3n) is 3.03. The molecule has 0 amide bonds. The van der Waals surface area contributed by atoms with Gasteiger partial charge in [-0.2, -0.15) is 0 Å². The SMILES string of the molecule is Cc1ccc(-c2cccc(CN)c2C)cc1.Cl. The van der Waals surface area contributed by atoms with E-state index < -0.39 is 0 Å². The van der Waals surface area contributed by atoms with Gasteiger partial charge in [0.25, 0.3) is 0 Å². The van der Waals surface area contributed by atoms with E-state index in [0.29, 0.717) is 6.54 Å². The molecule has 2 rings (SSSR count). The van der Waals surface area contributed by atoms with Crippen molar-refractivity contribution in [2.45, 2.75) is 20.4 Å². The van der Waals surface area contributed by atoms with E-state index in [1.807, 2.05) is 0 Å². The summed E-state index contributed by atoms with van der Waals surface area (Å²) >= 11 is 0. The standard InChI is InChI=1S/C15H17N.ClH/c1-11-6-8-13(9-7-11)15-5-3-4-14(10-16)12(15)2;/h3-9H,10,16H2,1-2H3;1H. The van der Waals surface area contributed by atoms with Crippen LogP contribution in [0.3, 0.4) is 0 Å². The lowest BCUT2D eigenvalue weighted by Crippen LogP contribution is -1.99. The molecule has 0 spiro atoms. The highest BCUT2D eigenvalue weighted by Gasteiger charge is 2.04. The summed E-state index contributed by atoms with van der Waals surface area (Å²) in [6.45, 7) is 4.84. The van der Waals surface area contributed by atoms with Gasteiger partial charge in [-0.25, -0.2) is 0 Å². The number of benzene rings is 2. The molecule has 2 heteroatoms. The molecule has 0 aliphatic heterocycles. The van der Waals surface area contributed by atoms with Crippen molar-refractivity contribution >= 4 is 12.4 Å². The summed E-state index contributed by atoms with van der Waals surface area (Å²) in [5.41, 5.74) is 12.1. The van der Waals surface area contributed by atoms with Crippen molar-refractivity contribution in [1.82, 2.24) is 0 Å². The van der Waals surface area contributed by atoms with Gasteiger partial charge in [-0.3, -0.25) is 0 Å². The van der Waals surface area contributed by atoms with Crippen molar-refractivity contribution in [3.63, 3.8) is 0 Å². The lowest BCUT2D eigenvalue weighted by atomic mass is 9.96. The fraction of sp³-hybridized carbons (Fsp3) is 0.200. The van der Waals surface area contributed by atoms with E-state index in [4.69, 9.17) is 5.73 Å². The second-order valence-corrected chi connectivity index (χ2v) is 4.16. The Balaban J connectivity index is 0.00000144. The second-order valence-electron chi connectivity index (χ2n) is 4.16. The van der Waals surface area contributed by atoms with Gasteiger partial charge in [0.2, 0.25) is 0 Å². The topological polar surface area (TPSA) is 26.0 Å². The largest absolute Gasteiger partial charge is 0.326 e. The van der Waals surface area contributed by atoms with E-state index in [1.165, 1.54) is 27.8 Å². The smallest absolute Gasteiger partial charge is 0.0180 e. The predicted molar refractivity (Wildman–Crippen MR) is 76.5 cm³/mol. The zero-order chi connectivity index (χ0) is 11.5. The Morgan fingerprint density at radius 1 is 0.941 bits per heavy atom. The van der Waals surface area contributed by atoms with Crippen LogP contribution in [0.15, 0.2) is 42.5 Å². The minimum absolute atomic E-state index is 0. The first-order valence-corrected chi connectivity index (χ1v) is 5.58. The summed E-state index contributed by atoms with van der Waals surface area (Å²) in [7, 11) is 0. The Labute approximate surface area is 109 Å². The average Bonchev–Trinajstić information content (AvgIpc) is 2.31. The normalized spacial score (nSPS) is 9.82. The maximum absolute atomic E-state index is 5.72. The van der Waals surface area contributed by atoms with Crippen LogP contribution < -0.4 is 5.73 Å². The molecule has 0 heterocycles. The van der Waals surface area contributed by atoms with Gasteiger partial charge in [0.05, 0.1) is 0 Å². The van der Waals surface area contributed by atoms with E-state index in [9.17, 15) is 0 Å². The Morgan fingerprint density at radius 2 is 1.59 bits per heavy atom. The zero-order valence-corrected chi connectivity index (χ0v) is 11.1. The molecule has 90 valence electrons. The molecule has 0 aliphatic carbocycles. The quantitative estimate of drug-likeness (QED) is 0.857. The van der Waals surface area contributed by atoms with Gasteiger partial charge in [-0.1, -0.05) is 48.0 Å². The van der Waals surface area contributed by atoms with E-state index in [2.05, 4.69) is 56.3 Å². The molecule has 0 atom stereocenters. The van der Waals surface area contributed by atoms with Crippen LogP contribution in [-0.2, 0) is 6.54 Å². The summed E-state index contributed by atoms with van der Waals surface area (Å²) in [6, 6.07) is 14.9. The second kappa shape index (κ2) is 5.85.